The number of hydrogen-bond acceptors (Lipinski definition) is 5. The molecule has 0 amide bonds. The van der Waals surface area contributed by atoms with E-state index in [1.165, 1.54) is 0 Å². The van der Waals surface area contributed by atoms with E-state index in [-0.39, 0.29) is 0 Å². The maximum Gasteiger partial charge on any atom is 0.187 e. The number of ether oxygens (including phenoxy) is 3. The number of nitrogens with zero attached hydrogens (tertiary/aromatic N) is 1. The summed E-state index contributed by atoms with van der Waals surface area (Å²) in [7, 11) is 3.25. The third-order valence-corrected chi connectivity index (χ3v) is 3.63. The highest BCUT2D eigenvalue weighted by atomic mass is 32.1. The molecule has 0 aliphatic carbocycles. The Balaban J connectivity index is 1.90. The van der Waals surface area contributed by atoms with Gasteiger partial charge in [0.2, 0.25) is 0 Å². The molecule has 0 aliphatic rings. The zero-order valence-corrected chi connectivity index (χ0v) is 15.7. The zero-order chi connectivity index (χ0) is 18.6. The van der Waals surface area contributed by atoms with Gasteiger partial charge in [-0.25, -0.2) is 0 Å². The van der Waals surface area contributed by atoms with E-state index < -0.39 is 0 Å². The van der Waals surface area contributed by atoms with E-state index in [0.717, 1.165) is 11.1 Å². The van der Waals surface area contributed by atoms with Gasteiger partial charge < -0.3 is 19.5 Å². The lowest BCUT2D eigenvalue weighted by atomic mass is 10.2. The van der Waals surface area contributed by atoms with Crippen molar-refractivity contribution in [3.63, 3.8) is 0 Å². The van der Waals surface area contributed by atoms with Crippen LogP contribution in [0.3, 0.4) is 0 Å². The van der Waals surface area contributed by atoms with Gasteiger partial charge in [-0.15, -0.1) is 0 Å². The third-order valence-electron chi connectivity index (χ3n) is 3.40. The summed E-state index contributed by atoms with van der Waals surface area (Å²) >= 11 is 5.10. The molecule has 0 aromatic heterocycles. The first-order valence-corrected chi connectivity index (χ1v) is 8.54. The summed E-state index contributed by atoms with van der Waals surface area (Å²) in [5, 5.41) is 7.51. The Labute approximate surface area is 159 Å². The third kappa shape index (κ3) is 6.70. The first-order valence-electron chi connectivity index (χ1n) is 8.13. The number of rotatable bonds is 9. The molecule has 2 aromatic carbocycles. The molecule has 0 bridgehead atoms. The van der Waals surface area contributed by atoms with Crippen LogP contribution in [0.15, 0.2) is 53.6 Å². The molecule has 0 atom stereocenters. The van der Waals surface area contributed by atoms with E-state index in [1.54, 1.807) is 20.4 Å². The number of benzene rings is 2. The van der Waals surface area contributed by atoms with Gasteiger partial charge in [0.25, 0.3) is 0 Å². The van der Waals surface area contributed by atoms with Gasteiger partial charge in [-0.1, -0.05) is 30.3 Å². The summed E-state index contributed by atoms with van der Waals surface area (Å²) in [5.74, 6) is 1.32. The Morgan fingerprint density at radius 1 is 1.12 bits per heavy atom. The minimum absolute atomic E-state index is 0.438. The smallest absolute Gasteiger partial charge is 0.187 e. The Hall–Kier alpha value is -2.64. The summed E-state index contributed by atoms with van der Waals surface area (Å²) in [6.07, 6.45) is 1.66. The second-order valence-electron chi connectivity index (χ2n) is 5.30. The predicted molar refractivity (Wildman–Crippen MR) is 107 cm³/mol. The molecule has 0 spiro atoms. The molecular weight excluding hydrogens is 350 g/mol. The number of hydrogen-bond donors (Lipinski definition) is 2. The number of thiocarbonyl (C=S) groups is 1. The SMILES string of the molecule is COCCNC(=S)NN=Cc1ccc(OCc2ccccc2)c(OC)c1. The van der Waals surface area contributed by atoms with E-state index in [4.69, 9.17) is 26.4 Å². The maximum absolute atomic E-state index is 5.84. The molecule has 0 saturated carbocycles. The van der Waals surface area contributed by atoms with Crippen molar-refractivity contribution in [1.29, 1.82) is 0 Å². The van der Waals surface area contributed by atoms with E-state index in [1.807, 2.05) is 48.5 Å². The van der Waals surface area contributed by atoms with Gasteiger partial charge in [0.05, 0.1) is 19.9 Å². The Bertz CT molecular complexity index is 723. The Morgan fingerprint density at radius 3 is 2.65 bits per heavy atom. The van der Waals surface area contributed by atoms with Crippen LogP contribution in [0.2, 0.25) is 0 Å². The predicted octanol–water partition coefficient (Wildman–Crippen LogP) is 2.72. The van der Waals surface area contributed by atoms with Crippen LogP contribution in [0.1, 0.15) is 11.1 Å². The standard InChI is InChI=1S/C19H23N3O3S/c1-23-11-10-20-19(26)22-21-13-16-8-9-17(18(12-16)24-2)25-14-15-6-4-3-5-7-15/h3-9,12-13H,10-11,14H2,1-2H3,(H2,20,22,26). The highest BCUT2D eigenvalue weighted by Gasteiger charge is 2.05. The lowest BCUT2D eigenvalue weighted by Gasteiger charge is -2.11. The van der Waals surface area contributed by atoms with Crippen molar-refractivity contribution in [3.05, 3.63) is 59.7 Å². The molecule has 2 aromatic rings. The normalized spacial score (nSPS) is 10.5. The zero-order valence-electron chi connectivity index (χ0n) is 14.9. The molecule has 0 saturated heterocycles. The largest absolute Gasteiger partial charge is 0.493 e. The summed E-state index contributed by atoms with van der Waals surface area (Å²) in [6, 6.07) is 15.6. The summed E-state index contributed by atoms with van der Waals surface area (Å²) in [4.78, 5) is 0. The number of nitrogens with one attached hydrogen (secondary N) is 2. The Kier molecular flexibility index (Phi) is 8.38. The first kappa shape index (κ1) is 19.7. The van der Waals surface area contributed by atoms with Gasteiger partial charge in [-0.3, -0.25) is 5.43 Å². The van der Waals surface area contributed by atoms with Crippen LogP contribution >= 0.6 is 12.2 Å². The number of methoxy groups -OCH3 is 2. The van der Waals surface area contributed by atoms with E-state index in [0.29, 0.717) is 36.4 Å². The topological polar surface area (TPSA) is 64.1 Å². The lowest BCUT2D eigenvalue weighted by molar-refractivity contribution is 0.204. The van der Waals surface area contributed by atoms with Crippen LogP contribution in [0, 0.1) is 0 Å². The van der Waals surface area contributed by atoms with Gasteiger partial charge in [0.1, 0.15) is 6.61 Å². The molecule has 26 heavy (non-hydrogen) atoms. The van der Waals surface area contributed by atoms with Crippen molar-refractivity contribution in [2.24, 2.45) is 5.10 Å². The van der Waals surface area contributed by atoms with Crippen molar-refractivity contribution in [2.45, 2.75) is 6.61 Å². The lowest BCUT2D eigenvalue weighted by Crippen LogP contribution is -2.34. The van der Waals surface area contributed by atoms with Crippen molar-refractivity contribution in [1.82, 2.24) is 10.7 Å². The van der Waals surface area contributed by atoms with Gasteiger partial charge in [-0.05, 0) is 41.5 Å². The van der Waals surface area contributed by atoms with Crippen LogP contribution in [-0.4, -0.2) is 38.7 Å². The van der Waals surface area contributed by atoms with Crippen molar-refractivity contribution < 1.29 is 14.2 Å². The molecule has 6 nitrogen and oxygen atoms in total. The van der Waals surface area contributed by atoms with Crippen LogP contribution in [0.4, 0.5) is 0 Å². The molecule has 0 heterocycles. The van der Waals surface area contributed by atoms with Crippen LogP contribution in [0.5, 0.6) is 11.5 Å². The Morgan fingerprint density at radius 2 is 1.92 bits per heavy atom. The second kappa shape index (κ2) is 11.1. The molecule has 0 radical (unpaired) electrons. The number of hydrazone groups is 1. The van der Waals surface area contributed by atoms with Gasteiger partial charge >= 0.3 is 0 Å². The monoisotopic (exact) mass is 373 g/mol. The molecule has 7 heteroatoms. The molecule has 2 N–H and O–H groups in total. The van der Waals surface area contributed by atoms with Gasteiger partial charge in [-0.2, -0.15) is 5.10 Å². The molecule has 0 aliphatic heterocycles. The van der Waals surface area contributed by atoms with Gasteiger partial charge in [0.15, 0.2) is 16.6 Å². The summed E-state index contributed by atoms with van der Waals surface area (Å²) in [5.41, 5.74) is 4.71. The molecule has 2 rings (SSSR count). The molecule has 138 valence electrons. The van der Waals surface area contributed by atoms with Crippen molar-refractivity contribution in [3.8, 4) is 11.5 Å². The summed E-state index contributed by atoms with van der Waals surface area (Å²) < 4.78 is 16.2. The fraction of sp³-hybridized carbons (Fsp3) is 0.263. The molecule has 0 unspecified atom stereocenters. The second-order valence-corrected chi connectivity index (χ2v) is 5.71. The maximum atomic E-state index is 5.84. The van der Waals surface area contributed by atoms with Gasteiger partial charge in [0, 0.05) is 13.7 Å². The van der Waals surface area contributed by atoms with E-state index >= 15 is 0 Å². The van der Waals surface area contributed by atoms with Crippen LogP contribution in [-0.2, 0) is 11.3 Å². The highest BCUT2D eigenvalue weighted by Crippen LogP contribution is 2.28. The van der Waals surface area contributed by atoms with Crippen molar-refractivity contribution >= 4 is 23.5 Å². The van der Waals surface area contributed by atoms with E-state index in [9.17, 15) is 0 Å². The average molecular weight is 373 g/mol. The highest BCUT2D eigenvalue weighted by molar-refractivity contribution is 7.80. The molecular formula is C19H23N3O3S. The minimum atomic E-state index is 0.438. The fourth-order valence-electron chi connectivity index (χ4n) is 2.09. The van der Waals surface area contributed by atoms with E-state index in [2.05, 4.69) is 15.8 Å². The minimum Gasteiger partial charge on any atom is -0.493 e. The van der Waals surface area contributed by atoms with Crippen LogP contribution < -0.4 is 20.2 Å². The van der Waals surface area contributed by atoms with Crippen molar-refractivity contribution in [2.75, 3.05) is 27.4 Å². The molecule has 0 fully saturated rings. The summed E-state index contributed by atoms with van der Waals surface area (Å²) in [6.45, 7) is 1.68. The first-order chi connectivity index (χ1) is 12.7. The quantitative estimate of drug-likeness (QED) is 0.305. The average Bonchev–Trinajstić information content (AvgIpc) is 2.68. The van der Waals surface area contributed by atoms with Crippen LogP contribution in [0.25, 0.3) is 0 Å². The fourth-order valence-corrected chi connectivity index (χ4v) is 2.25.